The second-order valence-electron chi connectivity index (χ2n) is 5.50. The van der Waals surface area contributed by atoms with E-state index < -0.39 is 0 Å². The SMILES string of the molecule is COC(OC)C(C)(C)CC1CCCCC1. The summed E-state index contributed by atoms with van der Waals surface area (Å²) >= 11 is 0. The van der Waals surface area contributed by atoms with E-state index in [0.717, 1.165) is 5.92 Å². The minimum atomic E-state index is -0.0700. The summed E-state index contributed by atoms with van der Waals surface area (Å²) in [6.07, 6.45) is 8.18. The van der Waals surface area contributed by atoms with Crippen molar-refractivity contribution in [1.29, 1.82) is 0 Å². The molecule has 1 aliphatic rings. The molecule has 1 rings (SSSR count). The smallest absolute Gasteiger partial charge is 0.161 e. The van der Waals surface area contributed by atoms with Crippen molar-refractivity contribution in [3.8, 4) is 0 Å². The van der Waals surface area contributed by atoms with Gasteiger partial charge in [-0.05, 0) is 12.3 Å². The third-order valence-electron chi connectivity index (χ3n) is 3.61. The van der Waals surface area contributed by atoms with Gasteiger partial charge >= 0.3 is 0 Å². The first-order chi connectivity index (χ1) is 7.10. The minimum absolute atomic E-state index is 0.0700. The van der Waals surface area contributed by atoms with E-state index in [1.54, 1.807) is 14.2 Å². The maximum absolute atomic E-state index is 5.38. The summed E-state index contributed by atoms with van der Waals surface area (Å²) in [5.41, 5.74) is 0.130. The van der Waals surface area contributed by atoms with Crippen molar-refractivity contribution < 1.29 is 9.47 Å². The van der Waals surface area contributed by atoms with Gasteiger partial charge in [-0.1, -0.05) is 46.0 Å². The predicted octanol–water partition coefficient (Wildman–Crippen LogP) is 3.60. The van der Waals surface area contributed by atoms with E-state index >= 15 is 0 Å². The topological polar surface area (TPSA) is 18.5 Å². The Balaban J connectivity index is 2.45. The Kier molecular flexibility index (Phi) is 5.07. The van der Waals surface area contributed by atoms with Crippen LogP contribution in [0, 0.1) is 11.3 Å². The van der Waals surface area contributed by atoms with Gasteiger partial charge in [-0.2, -0.15) is 0 Å². The number of rotatable bonds is 5. The molecule has 0 heterocycles. The summed E-state index contributed by atoms with van der Waals surface area (Å²) < 4.78 is 10.8. The third kappa shape index (κ3) is 3.76. The van der Waals surface area contributed by atoms with Crippen molar-refractivity contribution in [2.24, 2.45) is 11.3 Å². The number of ether oxygens (including phenoxy) is 2. The molecule has 0 atom stereocenters. The van der Waals surface area contributed by atoms with Crippen LogP contribution in [0.5, 0.6) is 0 Å². The van der Waals surface area contributed by atoms with Crippen molar-refractivity contribution in [2.75, 3.05) is 14.2 Å². The van der Waals surface area contributed by atoms with E-state index in [2.05, 4.69) is 13.8 Å². The fourth-order valence-corrected chi connectivity index (χ4v) is 2.97. The second-order valence-corrected chi connectivity index (χ2v) is 5.50. The van der Waals surface area contributed by atoms with Crippen LogP contribution in [-0.2, 0) is 9.47 Å². The van der Waals surface area contributed by atoms with Gasteiger partial charge in [-0.15, -0.1) is 0 Å². The zero-order valence-electron chi connectivity index (χ0n) is 10.7. The highest BCUT2D eigenvalue weighted by molar-refractivity contribution is 4.78. The van der Waals surface area contributed by atoms with E-state index in [1.165, 1.54) is 38.5 Å². The molecule has 2 heteroatoms. The van der Waals surface area contributed by atoms with Crippen LogP contribution in [0.15, 0.2) is 0 Å². The molecule has 15 heavy (non-hydrogen) atoms. The number of hydrogen-bond donors (Lipinski definition) is 0. The fraction of sp³-hybridized carbons (Fsp3) is 1.00. The van der Waals surface area contributed by atoms with E-state index in [-0.39, 0.29) is 11.7 Å². The van der Waals surface area contributed by atoms with E-state index in [9.17, 15) is 0 Å². The highest BCUT2D eigenvalue weighted by Crippen LogP contribution is 2.37. The first kappa shape index (κ1) is 13.0. The Morgan fingerprint density at radius 3 is 2.07 bits per heavy atom. The molecule has 0 N–H and O–H groups in total. The molecule has 0 radical (unpaired) electrons. The van der Waals surface area contributed by atoms with Crippen molar-refractivity contribution >= 4 is 0 Å². The highest BCUT2D eigenvalue weighted by Gasteiger charge is 2.32. The molecular formula is C13H26O2. The molecule has 0 aliphatic heterocycles. The molecule has 0 bridgehead atoms. The van der Waals surface area contributed by atoms with Gasteiger partial charge < -0.3 is 9.47 Å². The van der Waals surface area contributed by atoms with Crippen LogP contribution in [0.1, 0.15) is 52.4 Å². The zero-order valence-corrected chi connectivity index (χ0v) is 10.7. The molecule has 2 nitrogen and oxygen atoms in total. The maximum Gasteiger partial charge on any atom is 0.161 e. The normalized spacial score (nSPS) is 19.8. The lowest BCUT2D eigenvalue weighted by molar-refractivity contribution is -0.173. The number of hydrogen-bond acceptors (Lipinski definition) is 2. The molecule has 0 unspecified atom stereocenters. The van der Waals surface area contributed by atoms with Crippen LogP contribution in [0.3, 0.4) is 0 Å². The van der Waals surface area contributed by atoms with Gasteiger partial charge in [0.15, 0.2) is 6.29 Å². The quantitative estimate of drug-likeness (QED) is 0.651. The lowest BCUT2D eigenvalue weighted by Crippen LogP contribution is -2.35. The van der Waals surface area contributed by atoms with E-state index in [0.29, 0.717) is 0 Å². The van der Waals surface area contributed by atoms with Crippen LogP contribution in [0.2, 0.25) is 0 Å². The van der Waals surface area contributed by atoms with Crippen molar-refractivity contribution in [1.82, 2.24) is 0 Å². The second kappa shape index (κ2) is 5.86. The van der Waals surface area contributed by atoms with Crippen LogP contribution in [0.4, 0.5) is 0 Å². The van der Waals surface area contributed by atoms with Crippen LogP contribution in [0.25, 0.3) is 0 Å². The van der Waals surface area contributed by atoms with E-state index in [4.69, 9.17) is 9.47 Å². The summed E-state index contributed by atoms with van der Waals surface area (Å²) in [4.78, 5) is 0. The van der Waals surface area contributed by atoms with E-state index in [1.807, 2.05) is 0 Å². The molecule has 0 aromatic heterocycles. The highest BCUT2D eigenvalue weighted by atomic mass is 16.7. The summed E-state index contributed by atoms with van der Waals surface area (Å²) in [6, 6.07) is 0. The molecule has 0 spiro atoms. The predicted molar refractivity (Wildman–Crippen MR) is 62.8 cm³/mol. The standard InChI is InChI=1S/C13H26O2/c1-13(2,12(14-3)15-4)10-11-8-6-5-7-9-11/h11-12H,5-10H2,1-4H3. The Bertz CT molecular complexity index is 167. The summed E-state index contributed by atoms with van der Waals surface area (Å²) in [5, 5.41) is 0. The maximum atomic E-state index is 5.38. The van der Waals surface area contributed by atoms with Crippen LogP contribution >= 0.6 is 0 Å². The van der Waals surface area contributed by atoms with Gasteiger partial charge in [-0.3, -0.25) is 0 Å². The first-order valence-corrected chi connectivity index (χ1v) is 6.15. The van der Waals surface area contributed by atoms with Gasteiger partial charge in [0, 0.05) is 19.6 Å². The summed E-state index contributed by atoms with van der Waals surface area (Å²) in [7, 11) is 3.47. The average molecular weight is 214 g/mol. The van der Waals surface area contributed by atoms with Gasteiger partial charge in [0.05, 0.1) is 0 Å². The van der Waals surface area contributed by atoms with Crippen molar-refractivity contribution in [3.05, 3.63) is 0 Å². The summed E-state index contributed by atoms with van der Waals surface area (Å²) in [6.45, 7) is 4.50. The Morgan fingerprint density at radius 1 is 1.07 bits per heavy atom. The lowest BCUT2D eigenvalue weighted by Gasteiger charge is -2.36. The van der Waals surface area contributed by atoms with Gasteiger partial charge in [0.25, 0.3) is 0 Å². The zero-order chi connectivity index (χ0) is 11.3. The Hall–Kier alpha value is -0.0800. The van der Waals surface area contributed by atoms with Gasteiger partial charge in [0.2, 0.25) is 0 Å². The molecule has 0 aromatic carbocycles. The number of methoxy groups -OCH3 is 2. The average Bonchev–Trinajstić information content (AvgIpc) is 2.19. The van der Waals surface area contributed by atoms with Crippen LogP contribution < -0.4 is 0 Å². The Labute approximate surface area is 94.3 Å². The lowest BCUT2D eigenvalue weighted by atomic mass is 9.76. The largest absolute Gasteiger partial charge is 0.355 e. The molecule has 1 fully saturated rings. The third-order valence-corrected chi connectivity index (χ3v) is 3.61. The molecule has 0 aromatic rings. The monoisotopic (exact) mass is 214 g/mol. The molecular weight excluding hydrogens is 188 g/mol. The van der Waals surface area contributed by atoms with Gasteiger partial charge in [-0.25, -0.2) is 0 Å². The molecule has 0 amide bonds. The molecule has 1 saturated carbocycles. The van der Waals surface area contributed by atoms with Gasteiger partial charge in [0.1, 0.15) is 0 Å². The molecule has 90 valence electrons. The Morgan fingerprint density at radius 2 is 1.60 bits per heavy atom. The molecule has 0 saturated heterocycles. The fourth-order valence-electron chi connectivity index (χ4n) is 2.97. The summed E-state index contributed by atoms with van der Waals surface area (Å²) in [5.74, 6) is 0.876. The van der Waals surface area contributed by atoms with Crippen molar-refractivity contribution in [2.45, 2.75) is 58.7 Å². The minimum Gasteiger partial charge on any atom is -0.355 e. The van der Waals surface area contributed by atoms with Crippen molar-refractivity contribution in [3.63, 3.8) is 0 Å². The first-order valence-electron chi connectivity index (χ1n) is 6.15. The molecule has 1 aliphatic carbocycles. The van der Waals surface area contributed by atoms with Crippen LogP contribution in [-0.4, -0.2) is 20.5 Å².